The molecule has 4 amide bonds. The highest BCUT2D eigenvalue weighted by Gasteiger charge is 2.30. The summed E-state index contributed by atoms with van der Waals surface area (Å²) < 4.78 is 0. The van der Waals surface area contributed by atoms with Crippen molar-refractivity contribution in [2.75, 3.05) is 12.0 Å². The predicted molar refractivity (Wildman–Crippen MR) is 111 cm³/mol. The van der Waals surface area contributed by atoms with Crippen LogP contribution in [0.3, 0.4) is 0 Å². The number of carboxylic acid groups (broad SMARTS) is 2. The van der Waals surface area contributed by atoms with Crippen molar-refractivity contribution in [3.63, 3.8) is 0 Å². The first-order valence-corrected chi connectivity index (χ1v) is 10.7. The number of thioether (sulfide) groups is 1. The largest absolute Gasteiger partial charge is 0.481 e. The Hall–Kier alpha value is -2.87. The maximum Gasteiger partial charge on any atom is 0.326 e. The van der Waals surface area contributed by atoms with Crippen molar-refractivity contribution in [3.8, 4) is 0 Å². The van der Waals surface area contributed by atoms with Gasteiger partial charge in [-0.25, -0.2) is 4.79 Å². The summed E-state index contributed by atoms with van der Waals surface area (Å²) in [6.07, 6.45) is 0.629. The summed E-state index contributed by atoms with van der Waals surface area (Å²) >= 11 is 1.36. The lowest BCUT2D eigenvalue weighted by molar-refractivity contribution is -0.147. The van der Waals surface area contributed by atoms with E-state index in [4.69, 9.17) is 21.7 Å². The van der Waals surface area contributed by atoms with E-state index in [0.717, 1.165) is 0 Å². The van der Waals surface area contributed by atoms with E-state index in [2.05, 4.69) is 16.0 Å². The number of hydrogen-bond donors (Lipinski definition) is 7. The van der Waals surface area contributed by atoms with Crippen LogP contribution in [-0.2, 0) is 28.8 Å². The molecule has 14 heteroatoms. The van der Waals surface area contributed by atoms with Crippen molar-refractivity contribution in [2.45, 2.75) is 56.8 Å². The number of aliphatic carboxylic acids is 2. The third kappa shape index (κ3) is 11.8. The van der Waals surface area contributed by atoms with E-state index in [0.29, 0.717) is 5.75 Å². The second-order valence-electron chi connectivity index (χ2n) is 6.69. The van der Waals surface area contributed by atoms with E-state index in [1.165, 1.54) is 18.7 Å². The highest BCUT2D eigenvalue weighted by molar-refractivity contribution is 7.98. The standard InChI is InChI=1S/C17H29N5O8S/c1-8(18)14(26)20-9(3-4-12(19)23)15(27)21-10(5-6-31-2)16(28)22-11(17(29)30)7-13(24)25/h8-11H,3-7,18H2,1-2H3,(H2,19,23)(H,20,26)(H,21,27)(H,22,28)(H,24,25)(H,29,30). The van der Waals surface area contributed by atoms with Gasteiger partial charge < -0.3 is 37.6 Å². The van der Waals surface area contributed by atoms with Gasteiger partial charge in [0.25, 0.3) is 0 Å². The Labute approximate surface area is 183 Å². The van der Waals surface area contributed by atoms with Gasteiger partial charge in [0.05, 0.1) is 12.5 Å². The number of carbonyl (C=O) groups excluding carboxylic acids is 4. The summed E-state index contributed by atoms with van der Waals surface area (Å²) in [7, 11) is 0. The van der Waals surface area contributed by atoms with Crippen LogP contribution < -0.4 is 27.4 Å². The molecule has 0 rings (SSSR count). The molecule has 0 bridgehead atoms. The van der Waals surface area contributed by atoms with Crippen LogP contribution in [0.4, 0.5) is 0 Å². The van der Waals surface area contributed by atoms with Gasteiger partial charge >= 0.3 is 11.9 Å². The minimum Gasteiger partial charge on any atom is -0.481 e. The molecule has 13 nitrogen and oxygen atoms in total. The fraction of sp³-hybridized carbons (Fsp3) is 0.647. The quantitative estimate of drug-likeness (QED) is 0.133. The fourth-order valence-electron chi connectivity index (χ4n) is 2.28. The van der Waals surface area contributed by atoms with E-state index >= 15 is 0 Å². The third-order valence-corrected chi connectivity index (χ3v) is 4.61. The van der Waals surface area contributed by atoms with Crippen molar-refractivity contribution >= 4 is 47.3 Å². The van der Waals surface area contributed by atoms with Gasteiger partial charge in [0, 0.05) is 6.42 Å². The maximum atomic E-state index is 12.7. The number of nitrogens with two attached hydrogens (primary N) is 2. The molecule has 176 valence electrons. The van der Waals surface area contributed by atoms with Crippen molar-refractivity contribution in [1.29, 1.82) is 0 Å². The average Bonchev–Trinajstić information content (AvgIpc) is 2.66. The summed E-state index contributed by atoms with van der Waals surface area (Å²) in [6, 6.07) is -5.06. The molecule has 0 aliphatic heterocycles. The van der Waals surface area contributed by atoms with Crippen LogP contribution in [0.2, 0.25) is 0 Å². The zero-order chi connectivity index (χ0) is 24.1. The molecule has 0 radical (unpaired) electrons. The summed E-state index contributed by atoms with van der Waals surface area (Å²) in [4.78, 5) is 70.2. The number of rotatable bonds is 15. The van der Waals surface area contributed by atoms with Crippen molar-refractivity contribution in [2.24, 2.45) is 11.5 Å². The molecule has 9 N–H and O–H groups in total. The summed E-state index contributed by atoms with van der Waals surface area (Å²) in [5, 5.41) is 24.8. The lowest BCUT2D eigenvalue weighted by Crippen LogP contribution is -2.57. The molecule has 0 aromatic heterocycles. The van der Waals surface area contributed by atoms with Gasteiger partial charge in [0.15, 0.2) is 0 Å². The second-order valence-corrected chi connectivity index (χ2v) is 7.68. The van der Waals surface area contributed by atoms with E-state index in [1.807, 2.05) is 0 Å². The number of amides is 4. The predicted octanol–water partition coefficient (Wildman–Crippen LogP) is -2.63. The van der Waals surface area contributed by atoms with Gasteiger partial charge in [0.1, 0.15) is 18.1 Å². The Morgan fingerprint density at radius 3 is 1.77 bits per heavy atom. The van der Waals surface area contributed by atoms with Crippen LogP contribution in [0, 0.1) is 0 Å². The third-order valence-electron chi connectivity index (χ3n) is 3.96. The molecule has 4 atom stereocenters. The molecule has 4 unspecified atom stereocenters. The maximum absolute atomic E-state index is 12.7. The summed E-state index contributed by atoms with van der Waals surface area (Å²) in [6.45, 7) is 1.39. The van der Waals surface area contributed by atoms with Gasteiger partial charge in [0.2, 0.25) is 23.6 Å². The Morgan fingerprint density at radius 1 is 0.871 bits per heavy atom. The number of primary amides is 1. The number of carboxylic acids is 2. The van der Waals surface area contributed by atoms with Gasteiger partial charge in [-0.3, -0.25) is 24.0 Å². The van der Waals surface area contributed by atoms with E-state index in [1.54, 1.807) is 6.26 Å². The monoisotopic (exact) mass is 463 g/mol. The molecule has 0 fully saturated rings. The van der Waals surface area contributed by atoms with Gasteiger partial charge in [-0.05, 0) is 31.8 Å². The van der Waals surface area contributed by atoms with Crippen molar-refractivity contribution < 1.29 is 39.0 Å². The van der Waals surface area contributed by atoms with Crippen LogP contribution >= 0.6 is 11.8 Å². The molecule has 31 heavy (non-hydrogen) atoms. The second kappa shape index (κ2) is 14.2. The molecule has 0 aromatic carbocycles. The lowest BCUT2D eigenvalue weighted by Gasteiger charge is -2.24. The first-order valence-electron chi connectivity index (χ1n) is 9.27. The zero-order valence-corrected chi connectivity index (χ0v) is 18.1. The normalized spacial score (nSPS) is 14.4. The fourth-order valence-corrected chi connectivity index (χ4v) is 2.75. The Balaban J connectivity index is 5.43. The highest BCUT2D eigenvalue weighted by Crippen LogP contribution is 2.05. The molecule has 0 aliphatic rings. The van der Waals surface area contributed by atoms with E-state index in [-0.39, 0.29) is 19.3 Å². The molecule has 0 saturated heterocycles. The van der Waals surface area contributed by atoms with Crippen LogP contribution in [0.15, 0.2) is 0 Å². The topological polar surface area (TPSA) is 231 Å². The van der Waals surface area contributed by atoms with Crippen molar-refractivity contribution in [1.82, 2.24) is 16.0 Å². The van der Waals surface area contributed by atoms with Crippen LogP contribution in [0.5, 0.6) is 0 Å². The molecular weight excluding hydrogens is 434 g/mol. The number of hydrogen-bond acceptors (Lipinski definition) is 8. The molecule has 0 spiro atoms. The Morgan fingerprint density at radius 2 is 1.35 bits per heavy atom. The smallest absolute Gasteiger partial charge is 0.326 e. The van der Waals surface area contributed by atoms with Gasteiger partial charge in [-0.1, -0.05) is 0 Å². The SMILES string of the molecule is CSCCC(NC(=O)C(CCC(N)=O)NC(=O)C(C)N)C(=O)NC(CC(=O)O)C(=O)O. The minimum absolute atomic E-state index is 0.0991. The molecule has 0 heterocycles. The highest BCUT2D eigenvalue weighted by atomic mass is 32.2. The molecule has 0 saturated carbocycles. The van der Waals surface area contributed by atoms with Crippen LogP contribution in [0.25, 0.3) is 0 Å². The molecule has 0 aromatic rings. The summed E-state index contributed by atoms with van der Waals surface area (Å²) in [5.41, 5.74) is 10.6. The number of carbonyl (C=O) groups is 6. The minimum atomic E-state index is -1.69. The van der Waals surface area contributed by atoms with Crippen LogP contribution in [0.1, 0.15) is 32.6 Å². The van der Waals surface area contributed by atoms with Gasteiger partial charge in [-0.15, -0.1) is 0 Å². The molecular formula is C17H29N5O8S. The summed E-state index contributed by atoms with van der Waals surface area (Å²) in [5.74, 6) is -5.64. The molecule has 0 aliphatic carbocycles. The van der Waals surface area contributed by atoms with E-state index in [9.17, 15) is 28.8 Å². The Kier molecular flexibility index (Phi) is 12.9. The van der Waals surface area contributed by atoms with Crippen LogP contribution in [-0.4, -0.2) is 82.0 Å². The lowest BCUT2D eigenvalue weighted by atomic mass is 10.1. The zero-order valence-electron chi connectivity index (χ0n) is 17.3. The first kappa shape index (κ1) is 28.1. The Bertz CT molecular complexity index is 687. The number of nitrogens with one attached hydrogen (secondary N) is 3. The van der Waals surface area contributed by atoms with Gasteiger partial charge in [-0.2, -0.15) is 11.8 Å². The van der Waals surface area contributed by atoms with Crippen molar-refractivity contribution in [3.05, 3.63) is 0 Å². The first-order chi connectivity index (χ1) is 14.4. The average molecular weight is 464 g/mol. The van der Waals surface area contributed by atoms with E-state index < -0.39 is 66.2 Å².